The third-order valence-electron chi connectivity index (χ3n) is 3.19. The molecule has 3 N–H and O–H groups in total. The number of hydrogen-bond acceptors (Lipinski definition) is 3. The topological polar surface area (TPSA) is 55.5 Å². The molecule has 0 amide bonds. The second-order valence-electron chi connectivity index (χ2n) is 4.30. The van der Waals surface area contributed by atoms with Crippen molar-refractivity contribution in [3.8, 4) is 5.75 Å². The van der Waals surface area contributed by atoms with Gasteiger partial charge in [-0.1, -0.05) is 0 Å². The average Bonchev–Trinajstić information content (AvgIpc) is 2.34. The second kappa shape index (κ2) is 5.33. The highest BCUT2D eigenvalue weighted by molar-refractivity contribution is 9.10. The first kappa shape index (κ1) is 12.8. The lowest BCUT2D eigenvalue weighted by Gasteiger charge is -2.28. The summed E-state index contributed by atoms with van der Waals surface area (Å²) in [6, 6.07) is 2.18. The Hall–Kier alpha value is -0.650. The molecule has 1 heterocycles. The number of phenols is 1. The highest BCUT2D eigenvalue weighted by Crippen LogP contribution is 2.37. The van der Waals surface area contributed by atoms with Crippen LogP contribution in [0.1, 0.15) is 24.4 Å². The molecule has 0 aromatic heterocycles. The summed E-state index contributed by atoms with van der Waals surface area (Å²) in [6.07, 6.45) is 1.68. The molecule has 17 heavy (non-hydrogen) atoms. The van der Waals surface area contributed by atoms with E-state index in [2.05, 4.69) is 15.9 Å². The molecule has 2 rings (SSSR count). The van der Waals surface area contributed by atoms with Crippen molar-refractivity contribution in [1.29, 1.82) is 0 Å². The quantitative estimate of drug-likeness (QED) is 0.883. The van der Waals surface area contributed by atoms with Crippen LogP contribution in [0, 0.1) is 11.7 Å². The minimum Gasteiger partial charge on any atom is -0.506 e. The molecule has 1 fully saturated rings. The van der Waals surface area contributed by atoms with Gasteiger partial charge in [0.05, 0.1) is 4.47 Å². The number of phenolic OH excluding ortho intramolecular Hbond substituents is 1. The minimum absolute atomic E-state index is 0.0328. The fraction of sp³-hybridized carbons (Fsp3) is 0.500. The molecule has 5 heteroatoms. The van der Waals surface area contributed by atoms with Crippen LogP contribution in [0.5, 0.6) is 5.75 Å². The zero-order chi connectivity index (χ0) is 12.4. The van der Waals surface area contributed by atoms with Crippen molar-refractivity contribution >= 4 is 15.9 Å². The van der Waals surface area contributed by atoms with Crippen molar-refractivity contribution < 1.29 is 14.2 Å². The molecule has 1 aromatic rings. The Balaban J connectivity index is 2.26. The molecule has 0 bridgehead atoms. The molecule has 1 aliphatic heterocycles. The maximum Gasteiger partial charge on any atom is 0.134 e. The SMILES string of the molecule is N[C@@H](c1cc(F)cc(Br)c1O)C1CCOCC1. The van der Waals surface area contributed by atoms with Gasteiger partial charge >= 0.3 is 0 Å². The van der Waals surface area contributed by atoms with E-state index in [1.165, 1.54) is 12.1 Å². The van der Waals surface area contributed by atoms with Gasteiger partial charge in [-0.25, -0.2) is 4.39 Å². The fourth-order valence-electron chi connectivity index (χ4n) is 2.17. The number of rotatable bonds is 2. The van der Waals surface area contributed by atoms with E-state index in [4.69, 9.17) is 10.5 Å². The highest BCUT2D eigenvalue weighted by atomic mass is 79.9. The third-order valence-corrected chi connectivity index (χ3v) is 3.80. The molecule has 0 aliphatic carbocycles. The maximum atomic E-state index is 13.3. The van der Waals surface area contributed by atoms with Gasteiger partial charge in [0.1, 0.15) is 11.6 Å². The number of ether oxygens (including phenoxy) is 1. The van der Waals surface area contributed by atoms with Gasteiger partial charge in [0.2, 0.25) is 0 Å². The number of aromatic hydroxyl groups is 1. The van der Waals surface area contributed by atoms with Crippen LogP contribution < -0.4 is 5.73 Å². The molecule has 1 aliphatic rings. The molecular weight excluding hydrogens is 289 g/mol. The first-order valence-electron chi connectivity index (χ1n) is 5.61. The largest absolute Gasteiger partial charge is 0.506 e. The van der Waals surface area contributed by atoms with Gasteiger partial charge in [-0.2, -0.15) is 0 Å². The Morgan fingerprint density at radius 1 is 1.41 bits per heavy atom. The zero-order valence-electron chi connectivity index (χ0n) is 9.33. The minimum atomic E-state index is -0.396. The Bertz CT molecular complexity index is 408. The van der Waals surface area contributed by atoms with E-state index in [1.54, 1.807) is 0 Å². The van der Waals surface area contributed by atoms with Crippen LogP contribution in [0.15, 0.2) is 16.6 Å². The van der Waals surface area contributed by atoms with Crippen LogP contribution in [0.4, 0.5) is 4.39 Å². The van der Waals surface area contributed by atoms with Gasteiger partial charge in [0, 0.05) is 24.8 Å². The molecule has 1 saturated heterocycles. The van der Waals surface area contributed by atoms with Crippen molar-refractivity contribution in [2.75, 3.05) is 13.2 Å². The van der Waals surface area contributed by atoms with Gasteiger partial charge < -0.3 is 15.6 Å². The standard InChI is InChI=1S/C12H15BrFNO2/c13-10-6-8(14)5-9(12(10)16)11(15)7-1-3-17-4-2-7/h5-7,11,16H,1-4,15H2/t11-/m1/s1. The predicted octanol–water partition coefficient (Wildman–Crippen LogP) is 2.72. The van der Waals surface area contributed by atoms with E-state index in [0.29, 0.717) is 23.2 Å². The Morgan fingerprint density at radius 3 is 2.71 bits per heavy atom. The summed E-state index contributed by atoms with van der Waals surface area (Å²) in [5, 5.41) is 9.90. The van der Waals surface area contributed by atoms with E-state index in [9.17, 15) is 9.50 Å². The van der Waals surface area contributed by atoms with Crippen molar-refractivity contribution in [2.45, 2.75) is 18.9 Å². The van der Waals surface area contributed by atoms with Crippen LogP contribution in [-0.2, 0) is 4.74 Å². The average molecular weight is 304 g/mol. The molecule has 0 radical (unpaired) electrons. The summed E-state index contributed by atoms with van der Waals surface area (Å²) in [6.45, 7) is 1.35. The third kappa shape index (κ3) is 2.78. The van der Waals surface area contributed by atoms with E-state index in [-0.39, 0.29) is 17.7 Å². The van der Waals surface area contributed by atoms with Gasteiger partial charge in [0.15, 0.2) is 0 Å². The summed E-state index contributed by atoms with van der Waals surface area (Å²) < 4.78 is 18.9. The normalized spacial score (nSPS) is 19.2. The molecule has 1 atom stereocenters. The summed E-state index contributed by atoms with van der Waals surface area (Å²) in [4.78, 5) is 0. The highest BCUT2D eigenvalue weighted by Gasteiger charge is 2.25. The van der Waals surface area contributed by atoms with Crippen molar-refractivity contribution in [1.82, 2.24) is 0 Å². The van der Waals surface area contributed by atoms with E-state index < -0.39 is 5.82 Å². The second-order valence-corrected chi connectivity index (χ2v) is 5.16. The smallest absolute Gasteiger partial charge is 0.134 e. The lowest BCUT2D eigenvalue weighted by atomic mass is 9.87. The first-order valence-corrected chi connectivity index (χ1v) is 6.40. The molecule has 1 aromatic carbocycles. The van der Waals surface area contributed by atoms with Gasteiger partial charge in [-0.05, 0) is 46.8 Å². The first-order chi connectivity index (χ1) is 8.09. The summed E-state index contributed by atoms with van der Waals surface area (Å²) in [5.41, 5.74) is 6.57. The van der Waals surface area contributed by atoms with Crippen molar-refractivity contribution in [3.63, 3.8) is 0 Å². The fourth-order valence-corrected chi connectivity index (χ4v) is 2.62. The lowest BCUT2D eigenvalue weighted by Crippen LogP contribution is -2.27. The zero-order valence-corrected chi connectivity index (χ0v) is 10.9. The van der Waals surface area contributed by atoms with Gasteiger partial charge in [0.25, 0.3) is 0 Å². The van der Waals surface area contributed by atoms with Gasteiger partial charge in [-0.3, -0.25) is 0 Å². The number of halogens is 2. The van der Waals surface area contributed by atoms with Crippen LogP contribution >= 0.6 is 15.9 Å². The van der Waals surface area contributed by atoms with Crippen LogP contribution in [0.3, 0.4) is 0 Å². The lowest BCUT2D eigenvalue weighted by molar-refractivity contribution is 0.0581. The van der Waals surface area contributed by atoms with E-state index >= 15 is 0 Å². The van der Waals surface area contributed by atoms with Crippen LogP contribution in [-0.4, -0.2) is 18.3 Å². The maximum absolute atomic E-state index is 13.3. The molecule has 94 valence electrons. The van der Waals surface area contributed by atoms with Crippen molar-refractivity contribution in [3.05, 3.63) is 28.0 Å². The van der Waals surface area contributed by atoms with E-state index in [0.717, 1.165) is 12.8 Å². The van der Waals surface area contributed by atoms with Crippen molar-refractivity contribution in [2.24, 2.45) is 11.7 Å². The summed E-state index contributed by atoms with van der Waals surface area (Å²) in [5.74, 6) is -0.138. The van der Waals surface area contributed by atoms with Crippen LogP contribution in [0.2, 0.25) is 0 Å². The van der Waals surface area contributed by atoms with Crippen LogP contribution in [0.25, 0.3) is 0 Å². The summed E-state index contributed by atoms with van der Waals surface area (Å²) in [7, 11) is 0. The van der Waals surface area contributed by atoms with E-state index in [1.807, 2.05) is 0 Å². The van der Waals surface area contributed by atoms with Gasteiger partial charge in [-0.15, -0.1) is 0 Å². The molecule has 3 nitrogen and oxygen atoms in total. The summed E-state index contributed by atoms with van der Waals surface area (Å²) >= 11 is 3.12. The molecule has 0 spiro atoms. The number of hydrogen-bond donors (Lipinski definition) is 2. The Labute approximate surface area is 108 Å². The molecule has 0 saturated carbocycles. The molecule has 0 unspecified atom stereocenters. The monoisotopic (exact) mass is 303 g/mol. The molecular formula is C12H15BrFNO2. The number of nitrogens with two attached hydrogens (primary N) is 1. The Morgan fingerprint density at radius 2 is 2.06 bits per heavy atom. The number of benzene rings is 1. The predicted molar refractivity (Wildman–Crippen MR) is 66.2 cm³/mol. The Kier molecular flexibility index (Phi) is 4.01.